The van der Waals surface area contributed by atoms with Crippen molar-refractivity contribution in [2.75, 3.05) is 36.9 Å². The molecule has 2 aromatic rings. The van der Waals surface area contributed by atoms with Gasteiger partial charge in [0.1, 0.15) is 11.4 Å². The molecule has 0 unspecified atom stereocenters. The van der Waals surface area contributed by atoms with Gasteiger partial charge in [-0.3, -0.25) is 30.6 Å². The summed E-state index contributed by atoms with van der Waals surface area (Å²) >= 11 is 1.32. The molecule has 0 radical (unpaired) electrons. The third-order valence-corrected chi connectivity index (χ3v) is 4.69. The topological polar surface area (TPSA) is 153 Å². The molecule has 2 amide bonds. The number of hydrazine groups is 1. The molecular weight excluding hydrogens is 376 g/mol. The number of carbonyl (C=O) groups excluding carboxylic acids is 2. The fraction of sp³-hybridized carbons (Fsp3) is 0.267. The number of morpholine rings is 1. The summed E-state index contributed by atoms with van der Waals surface area (Å²) in [6.45, 7) is 2.60. The zero-order chi connectivity index (χ0) is 19.4. The maximum atomic E-state index is 12.2. The SMILES string of the molecule is Nc1ccc(C(=O)NNC(=O)c2csc(N3CCOCC3)n2)cc1[N+](=O)[O-]. The lowest BCUT2D eigenvalue weighted by Crippen LogP contribution is -2.42. The third-order valence-electron chi connectivity index (χ3n) is 3.79. The first-order valence-electron chi connectivity index (χ1n) is 7.88. The number of hydrogen-bond acceptors (Lipinski definition) is 9. The van der Waals surface area contributed by atoms with Crippen molar-refractivity contribution in [3.8, 4) is 0 Å². The number of nitrogens with one attached hydrogen (secondary N) is 2. The van der Waals surface area contributed by atoms with E-state index in [0.29, 0.717) is 31.4 Å². The minimum absolute atomic E-state index is 0.0107. The van der Waals surface area contributed by atoms with Crippen LogP contribution in [-0.2, 0) is 4.74 Å². The number of nitrogens with zero attached hydrogens (tertiary/aromatic N) is 3. The second-order valence-electron chi connectivity index (χ2n) is 5.55. The standard InChI is InChI=1S/C15H16N6O5S/c16-10-2-1-9(7-12(10)21(24)25)13(22)18-19-14(23)11-8-27-15(17-11)20-3-5-26-6-4-20/h1-2,7-8H,3-6,16H2,(H,18,22)(H,19,23). The molecule has 142 valence electrons. The van der Waals surface area contributed by atoms with E-state index in [-0.39, 0.29) is 22.6 Å². The van der Waals surface area contributed by atoms with Crippen LogP contribution in [0.15, 0.2) is 23.6 Å². The van der Waals surface area contributed by atoms with E-state index in [0.717, 1.165) is 6.07 Å². The number of nitrogens with two attached hydrogens (primary N) is 1. The van der Waals surface area contributed by atoms with E-state index >= 15 is 0 Å². The highest BCUT2D eigenvalue weighted by Gasteiger charge is 2.19. The first-order valence-corrected chi connectivity index (χ1v) is 8.76. The molecule has 0 aliphatic carbocycles. The van der Waals surface area contributed by atoms with Crippen LogP contribution >= 0.6 is 11.3 Å². The predicted octanol–water partition coefficient (Wildman–Crippen LogP) is 0.545. The number of carbonyl (C=O) groups is 2. The number of rotatable bonds is 4. The molecule has 12 heteroatoms. The van der Waals surface area contributed by atoms with Gasteiger partial charge < -0.3 is 15.4 Å². The molecule has 0 saturated carbocycles. The fourth-order valence-corrected chi connectivity index (χ4v) is 3.22. The summed E-state index contributed by atoms with van der Waals surface area (Å²) in [5.41, 5.74) is 9.63. The van der Waals surface area contributed by atoms with Crippen molar-refractivity contribution in [3.05, 3.63) is 45.0 Å². The number of nitrogen functional groups attached to an aromatic ring is 1. The summed E-state index contributed by atoms with van der Waals surface area (Å²) in [6.07, 6.45) is 0. The lowest BCUT2D eigenvalue weighted by molar-refractivity contribution is -0.383. The Morgan fingerprint density at radius 2 is 1.96 bits per heavy atom. The molecule has 1 aliphatic heterocycles. The molecule has 4 N–H and O–H groups in total. The number of amides is 2. The average Bonchev–Trinajstić information content (AvgIpc) is 3.17. The molecule has 1 saturated heterocycles. The largest absolute Gasteiger partial charge is 0.393 e. The van der Waals surface area contributed by atoms with Gasteiger partial charge >= 0.3 is 0 Å². The molecule has 2 heterocycles. The van der Waals surface area contributed by atoms with Crippen LogP contribution in [-0.4, -0.2) is 48.0 Å². The van der Waals surface area contributed by atoms with Crippen LogP contribution in [0.25, 0.3) is 0 Å². The van der Waals surface area contributed by atoms with E-state index in [4.69, 9.17) is 10.5 Å². The van der Waals surface area contributed by atoms with Gasteiger partial charge in [0.05, 0.1) is 18.1 Å². The van der Waals surface area contributed by atoms with E-state index < -0.39 is 16.7 Å². The zero-order valence-electron chi connectivity index (χ0n) is 14.0. The zero-order valence-corrected chi connectivity index (χ0v) is 14.8. The molecule has 1 fully saturated rings. The summed E-state index contributed by atoms with van der Waals surface area (Å²) in [7, 11) is 0. The minimum atomic E-state index is -0.713. The van der Waals surface area contributed by atoms with Crippen molar-refractivity contribution >= 4 is 39.7 Å². The maximum Gasteiger partial charge on any atom is 0.292 e. The predicted molar refractivity (Wildman–Crippen MR) is 97.6 cm³/mol. The van der Waals surface area contributed by atoms with Gasteiger partial charge in [-0.25, -0.2) is 4.98 Å². The number of thiazole rings is 1. The number of ether oxygens (including phenoxy) is 1. The van der Waals surface area contributed by atoms with Gasteiger partial charge in [-0.2, -0.15) is 0 Å². The van der Waals surface area contributed by atoms with Gasteiger partial charge in [0.2, 0.25) is 0 Å². The molecule has 1 aliphatic rings. The van der Waals surface area contributed by atoms with Crippen molar-refractivity contribution in [1.29, 1.82) is 0 Å². The molecule has 11 nitrogen and oxygen atoms in total. The van der Waals surface area contributed by atoms with Crippen LogP contribution in [0, 0.1) is 10.1 Å². The monoisotopic (exact) mass is 392 g/mol. The fourth-order valence-electron chi connectivity index (χ4n) is 2.36. The lowest BCUT2D eigenvalue weighted by atomic mass is 10.1. The van der Waals surface area contributed by atoms with Gasteiger partial charge in [-0.1, -0.05) is 0 Å². The lowest BCUT2D eigenvalue weighted by Gasteiger charge is -2.25. The van der Waals surface area contributed by atoms with E-state index in [9.17, 15) is 19.7 Å². The van der Waals surface area contributed by atoms with Crippen LogP contribution in [0.4, 0.5) is 16.5 Å². The van der Waals surface area contributed by atoms with Gasteiger partial charge in [0, 0.05) is 30.1 Å². The summed E-state index contributed by atoms with van der Waals surface area (Å²) in [5.74, 6) is -1.31. The van der Waals surface area contributed by atoms with Crippen molar-refractivity contribution in [3.63, 3.8) is 0 Å². The van der Waals surface area contributed by atoms with Crippen molar-refractivity contribution in [2.45, 2.75) is 0 Å². The Hall–Kier alpha value is -3.25. The molecule has 0 bridgehead atoms. The quantitative estimate of drug-likeness (QED) is 0.387. The van der Waals surface area contributed by atoms with Crippen LogP contribution < -0.4 is 21.5 Å². The summed E-state index contributed by atoms with van der Waals surface area (Å²) < 4.78 is 5.27. The Morgan fingerprint density at radius 3 is 2.67 bits per heavy atom. The van der Waals surface area contributed by atoms with Crippen LogP contribution in [0.2, 0.25) is 0 Å². The number of hydrogen-bond donors (Lipinski definition) is 3. The van der Waals surface area contributed by atoms with Crippen molar-refractivity contribution in [2.24, 2.45) is 0 Å². The minimum Gasteiger partial charge on any atom is -0.393 e. The van der Waals surface area contributed by atoms with E-state index in [2.05, 4.69) is 15.8 Å². The Morgan fingerprint density at radius 1 is 1.26 bits per heavy atom. The van der Waals surface area contributed by atoms with E-state index in [1.807, 2.05) is 4.90 Å². The van der Waals surface area contributed by atoms with E-state index in [1.165, 1.54) is 23.5 Å². The Balaban J connectivity index is 1.60. The second kappa shape index (κ2) is 7.97. The molecule has 1 aromatic heterocycles. The average molecular weight is 392 g/mol. The van der Waals surface area contributed by atoms with Crippen LogP contribution in [0.5, 0.6) is 0 Å². The first-order chi connectivity index (χ1) is 13.0. The molecule has 1 aromatic carbocycles. The molecular formula is C15H16N6O5S. The third kappa shape index (κ3) is 4.30. The highest BCUT2D eigenvalue weighted by molar-refractivity contribution is 7.13. The van der Waals surface area contributed by atoms with E-state index in [1.54, 1.807) is 5.38 Å². The number of benzene rings is 1. The molecule has 3 rings (SSSR count). The normalized spacial score (nSPS) is 13.9. The Kier molecular flexibility index (Phi) is 5.47. The van der Waals surface area contributed by atoms with Crippen LogP contribution in [0.1, 0.15) is 20.8 Å². The second-order valence-corrected chi connectivity index (χ2v) is 6.39. The smallest absolute Gasteiger partial charge is 0.292 e. The molecule has 0 atom stereocenters. The maximum absolute atomic E-state index is 12.2. The highest BCUT2D eigenvalue weighted by Crippen LogP contribution is 2.22. The highest BCUT2D eigenvalue weighted by atomic mass is 32.1. The number of anilines is 2. The van der Waals surface area contributed by atoms with Crippen LogP contribution in [0.3, 0.4) is 0 Å². The molecule has 27 heavy (non-hydrogen) atoms. The van der Waals surface area contributed by atoms with Gasteiger partial charge in [0.25, 0.3) is 17.5 Å². The number of nitro benzene ring substituents is 1. The van der Waals surface area contributed by atoms with Crippen molar-refractivity contribution < 1.29 is 19.2 Å². The van der Waals surface area contributed by atoms with Gasteiger partial charge in [0.15, 0.2) is 5.13 Å². The number of nitro groups is 1. The Labute approximate surface area is 157 Å². The molecule has 0 spiro atoms. The van der Waals surface area contributed by atoms with Crippen molar-refractivity contribution in [1.82, 2.24) is 15.8 Å². The first kappa shape index (κ1) is 18.5. The summed E-state index contributed by atoms with van der Waals surface area (Å²) in [5, 5.41) is 13.2. The van der Waals surface area contributed by atoms with Gasteiger partial charge in [-0.15, -0.1) is 11.3 Å². The summed E-state index contributed by atoms with van der Waals surface area (Å²) in [6, 6.07) is 3.61. The Bertz CT molecular complexity index is 879. The van der Waals surface area contributed by atoms with Gasteiger partial charge in [-0.05, 0) is 12.1 Å². The number of aromatic nitrogens is 1. The summed E-state index contributed by atoms with van der Waals surface area (Å²) in [4.78, 5) is 40.7.